The van der Waals surface area contributed by atoms with Gasteiger partial charge >= 0.3 is 0 Å². The molecule has 1 fully saturated rings. The number of para-hydroxylation sites is 1. The molecular formula is C35H39N3O5S. The topological polar surface area (TPSA) is 110 Å². The molecule has 0 aliphatic carbocycles. The molecule has 5 rings (SSSR count). The lowest BCUT2D eigenvalue weighted by Crippen LogP contribution is -2.48. The number of hydrogen-bond acceptors (Lipinski definition) is 6. The first-order chi connectivity index (χ1) is 20.9. The van der Waals surface area contributed by atoms with E-state index in [0.29, 0.717) is 50.3 Å². The Bertz CT molecular complexity index is 1710. The van der Waals surface area contributed by atoms with E-state index in [4.69, 9.17) is 0 Å². The van der Waals surface area contributed by atoms with Gasteiger partial charge in [0.15, 0.2) is 11.5 Å². The van der Waals surface area contributed by atoms with Crippen LogP contribution in [0.2, 0.25) is 0 Å². The average molecular weight is 614 g/mol. The molecule has 1 aliphatic heterocycles. The lowest BCUT2D eigenvalue weighted by molar-refractivity contribution is 0.102. The highest BCUT2D eigenvalue weighted by molar-refractivity contribution is 7.89. The largest absolute Gasteiger partial charge is 0.504 e. The summed E-state index contributed by atoms with van der Waals surface area (Å²) >= 11 is 0. The Kier molecular flexibility index (Phi) is 8.99. The fraction of sp³-hybridized carbons (Fsp3) is 0.286. The molecule has 0 saturated carbocycles. The fourth-order valence-electron chi connectivity index (χ4n) is 5.34. The number of phenolic OH excluding ortho intramolecular Hbond substituents is 2. The SMILES string of the molecule is CC(C)(C)c1ccc(CCc2cc(O)c(O)c(C(=O)Nc3ccc(S(=O)(=O)N4CCN(c5ccccc5)CC4)cc3)c2)cc1. The van der Waals surface area contributed by atoms with Crippen LogP contribution in [0.5, 0.6) is 11.5 Å². The number of carbonyl (C=O) groups is 1. The van der Waals surface area contributed by atoms with Crippen molar-refractivity contribution in [1.29, 1.82) is 0 Å². The van der Waals surface area contributed by atoms with Crippen LogP contribution in [0.1, 0.15) is 47.8 Å². The molecule has 44 heavy (non-hydrogen) atoms. The van der Waals surface area contributed by atoms with E-state index >= 15 is 0 Å². The molecule has 1 aliphatic rings. The standard InChI is InChI=1S/C35H39N3O5S/c1-35(2,3)27-13-11-25(12-14-27)9-10-26-23-31(33(40)32(39)24-26)34(41)36-28-15-17-30(18-16-28)44(42,43)38-21-19-37(20-22-38)29-7-5-4-6-8-29/h4-8,11-18,23-24,39-40H,9-10,19-22H2,1-3H3,(H,36,41). The Labute approximate surface area is 259 Å². The summed E-state index contributed by atoms with van der Waals surface area (Å²) in [6.07, 6.45) is 1.27. The van der Waals surface area contributed by atoms with Crippen molar-refractivity contribution in [3.8, 4) is 11.5 Å². The first-order valence-electron chi connectivity index (χ1n) is 14.8. The zero-order valence-electron chi connectivity index (χ0n) is 25.3. The Hall–Kier alpha value is -4.34. The quantitative estimate of drug-likeness (QED) is 0.212. The molecule has 1 heterocycles. The lowest BCUT2D eigenvalue weighted by atomic mass is 9.86. The minimum absolute atomic E-state index is 0.0592. The van der Waals surface area contributed by atoms with Crippen molar-refractivity contribution < 1.29 is 23.4 Å². The summed E-state index contributed by atoms with van der Waals surface area (Å²) in [7, 11) is -3.70. The second-order valence-corrected chi connectivity index (χ2v) is 14.1. The molecule has 0 aromatic heterocycles. The van der Waals surface area contributed by atoms with Gasteiger partial charge in [0, 0.05) is 37.6 Å². The number of nitrogens with zero attached hydrogens (tertiary/aromatic N) is 2. The van der Waals surface area contributed by atoms with Gasteiger partial charge in [-0.05, 0) is 83.5 Å². The van der Waals surface area contributed by atoms with E-state index in [2.05, 4.69) is 55.3 Å². The number of aromatic hydroxyl groups is 2. The molecule has 1 saturated heterocycles. The van der Waals surface area contributed by atoms with Gasteiger partial charge in [0.2, 0.25) is 10.0 Å². The average Bonchev–Trinajstić information content (AvgIpc) is 3.02. The summed E-state index contributed by atoms with van der Waals surface area (Å²) in [6.45, 7) is 8.43. The Morgan fingerprint density at radius 2 is 1.41 bits per heavy atom. The summed E-state index contributed by atoms with van der Waals surface area (Å²) in [5, 5.41) is 23.5. The van der Waals surface area contributed by atoms with Crippen molar-refractivity contribution in [3.05, 3.63) is 113 Å². The minimum atomic E-state index is -3.70. The summed E-state index contributed by atoms with van der Waals surface area (Å²) in [5.74, 6) is -1.49. The molecule has 9 heteroatoms. The molecule has 3 N–H and O–H groups in total. The van der Waals surface area contributed by atoms with E-state index in [1.165, 1.54) is 40.2 Å². The predicted octanol–water partition coefficient (Wildman–Crippen LogP) is 5.94. The number of rotatable bonds is 8. The molecule has 0 radical (unpaired) electrons. The highest BCUT2D eigenvalue weighted by atomic mass is 32.2. The second kappa shape index (κ2) is 12.7. The highest BCUT2D eigenvalue weighted by Crippen LogP contribution is 2.32. The maximum Gasteiger partial charge on any atom is 0.259 e. The summed E-state index contributed by atoms with van der Waals surface area (Å²) in [5.41, 5.74) is 4.53. The van der Waals surface area contributed by atoms with Gasteiger partial charge in [0.25, 0.3) is 5.91 Å². The number of aryl methyl sites for hydroxylation is 2. The van der Waals surface area contributed by atoms with Crippen LogP contribution in [-0.4, -0.2) is 55.0 Å². The van der Waals surface area contributed by atoms with Gasteiger partial charge in [0.05, 0.1) is 10.5 Å². The third kappa shape index (κ3) is 7.06. The van der Waals surface area contributed by atoms with Gasteiger partial charge in [-0.15, -0.1) is 0 Å². The number of sulfonamides is 1. The zero-order chi connectivity index (χ0) is 31.5. The number of phenols is 2. The van der Waals surface area contributed by atoms with Crippen LogP contribution in [0.25, 0.3) is 0 Å². The molecule has 0 unspecified atom stereocenters. The molecule has 230 valence electrons. The van der Waals surface area contributed by atoms with E-state index in [1.54, 1.807) is 6.07 Å². The number of carbonyl (C=O) groups excluding carboxylic acids is 1. The maximum atomic E-state index is 13.3. The predicted molar refractivity (Wildman–Crippen MR) is 174 cm³/mol. The van der Waals surface area contributed by atoms with Crippen LogP contribution in [0.3, 0.4) is 0 Å². The van der Waals surface area contributed by atoms with Crippen LogP contribution in [0, 0.1) is 0 Å². The van der Waals surface area contributed by atoms with Gasteiger partial charge in [-0.2, -0.15) is 4.31 Å². The summed E-state index contributed by atoms with van der Waals surface area (Å²) in [6, 6.07) is 27.3. The van der Waals surface area contributed by atoms with E-state index < -0.39 is 21.7 Å². The van der Waals surface area contributed by atoms with E-state index in [1.807, 2.05) is 30.3 Å². The molecule has 8 nitrogen and oxygen atoms in total. The van der Waals surface area contributed by atoms with Crippen molar-refractivity contribution in [2.75, 3.05) is 36.4 Å². The third-order valence-corrected chi connectivity index (χ3v) is 9.94. The summed E-state index contributed by atoms with van der Waals surface area (Å²) in [4.78, 5) is 15.4. The van der Waals surface area contributed by atoms with Gasteiger partial charge in [0.1, 0.15) is 0 Å². The van der Waals surface area contributed by atoms with Gasteiger partial charge in [-0.25, -0.2) is 8.42 Å². The normalized spacial score (nSPS) is 14.4. The monoisotopic (exact) mass is 613 g/mol. The zero-order valence-corrected chi connectivity index (χ0v) is 26.1. The van der Waals surface area contributed by atoms with Crippen molar-refractivity contribution in [2.24, 2.45) is 0 Å². The molecule has 0 atom stereocenters. The molecule has 4 aromatic carbocycles. The van der Waals surface area contributed by atoms with Crippen LogP contribution < -0.4 is 10.2 Å². The number of nitrogens with one attached hydrogen (secondary N) is 1. The Morgan fingerprint density at radius 1 is 0.795 bits per heavy atom. The van der Waals surface area contributed by atoms with E-state index in [-0.39, 0.29) is 21.6 Å². The molecule has 0 spiro atoms. The lowest BCUT2D eigenvalue weighted by Gasteiger charge is -2.35. The van der Waals surface area contributed by atoms with E-state index in [9.17, 15) is 23.4 Å². The first kappa shape index (κ1) is 31.1. The number of piperazine rings is 1. The molecular weight excluding hydrogens is 574 g/mol. The van der Waals surface area contributed by atoms with Gasteiger partial charge in [-0.1, -0.05) is 63.2 Å². The highest BCUT2D eigenvalue weighted by Gasteiger charge is 2.28. The number of anilines is 2. The maximum absolute atomic E-state index is 13.3. The van der Waals surface area contributed by atoms with E-state index in [0.717, 1.165) is 11.3 Å². The van der Waals surface area contributed by atoms with Crippen molar-refractivity contribution in [2.45, 2.75) is 43.9 Å². The van der Waals surface area contributed by atoms with Gasteiger partial charge < -0.3 is 20.4 Å². The number of hydrogen-bond donors (Lipinski definition) is 3. The van der Waals surface area contributed by atoms with Crippen molar-refractivity contribution >= 4 is 27.3 Å². The number of amides is 1. The number of benzene rings is 4. The fourth-order valence-corrected chi connectivity index (χ4v) is 6.76. The van der Waals surface area contributed by atoms with Gasteiger partial charge in [-0.3, -0.25) is 4.79 Å². The minimum Gasteiger partial charge on any atom is -0.504 e. The van der Waals surface area contributed by atoms with Crippen molar-refractivity contribution in [1.82, 2.24) is 4.31 Å². The molecule has 4 aromatic rings. The van der Waals surface area contributed by atoms with Crippen LogP contribution >= 0.6 is 0 Å². The Morgan fingerprint density at radius 3 is 2.02 bits per heavy atom. The van der Waals surface area contributed by atoms with Crippen LogP contribution in [0.4, 0.5) is 11.4 Å². The summed E-state index contributed by atoms with van der Waals surface area (Å²) < 4.78 is 28.1. The smallest absolute Gasteiger partial charge is 0.259 e. The Balaban J connectivity index is 1.22. The first-order valence-corrected chi connectivity index (χ1v) is 16.2. The van der Waals surface area contributed by atoms with Crippen LogP contribution in [0.15, 0.2) is 95.9 Å². The second-order valence-electron chi connectivity index (χ2n) is 12.2. The van der Waals surface area contributed by atoms with Crippen molar-refractivity contribution in [3.63, 3.8) is 0 Å². The molecule has 0 bridgehead atoms. The third-order valence-electron chi connectivity index (χ3n) is 8.03. The molecule has 1 amide bonds. The van der Waals surface area contributed by atoms with Crippen LogP contribution in [-0.2, 0) is 28.3 Å².